The number of nitrogens with zero attached hydrogens (tertiary/aromatic N) is 3. The second-order valence-electron chi connectivity index (χ2n) is 5.43. The second kappa shape index (κ2) is 5.35. The van der Waals surface area contributed by atoms with Crippen molar-refractivity contribution in [2.24, 2.45) is 7.05 Å². The number of carbonyl (C=O) groups is 1. The van der Waals surface area contributed by atoms with E-state index in [0.29, 0.717) is 21.6 Å². The number of hydrogen-bond donors (Lipinski definition) is 1. The van der Waals surface area contributed by atoms with E-state index in [1.807, 2.05) is 31.3 Å². The van der Waals surface area contributed by atoms with Crippen LogP contribution in [-0.2, 0) is 11.8 Å². The Kier molecular flexibility index (Phi) is 3.28. The minimum Gasteiger partial charge on any atom is -0.465 e. The number of pyridine rings is 1. The molecule has 0 saturated carbocycles. The first-order chi connectivity index (χ1) is 11.6. The fourth-order valence-corrected chi connectivity index (χ4v) is 3.03. The average Bonchev–Trinajstić information content (AvgIpc) is 3.15. The highest BCUT2D eigenvalue weighted by Gasteiger charge is 2.17. The lowest BCUT2D eigenvalue weighted by atomic mass is 10.1. The number of aromatic amines is 1. The van der Waals surface area contributed by atoms with Gasteiger partial charge in [-0.2, -0.15) is 5.10 Å². The Morgan fingerprint density at radius 2 is 2.12 bits per heavy atom. The van der Waals surface area contributed by atoms with E-state index in [-0.39, 0.29) is 0 Å². The van der Waals surface area contributed by atoms with Crippen molar-refractivity contribution in [3.63, 3.8) is 0 Å². The number of hydrogen-bond acceptors (Lipinski definition) is 4. The summed E-state index contributed by atoms with van der Waals surface area (Å²) in [7, 11) is 3.22. The Labute approximate surface area is 142 Å². The molecule has 0 amide bonds. The summed E-state index contributed by atoms with van der Waals surface area (Å²) in [6.45, 7) is 0. The first-order valence-electron chi connectivity index (χ1n) is 7.27. The summed E-state index contributed by atoms with van der Waals surface area (Å²) >= 11 is 6.07. The first-order valence-corrected chi connectivity index (χ1v) is 7.65. The van der Waals surface area contributed by atoms with Crippen LogP contribution in [0.2, 0.25) is 5.02 Å². The van der Waals surface area contributed by atoms with Gasteiger partial charge in [0.05, 0.1) is 34.9 Å². The minimum atomic E-state index is -0.409. The Morgan fingerprint density at radius 3 is 2.92 bits per heavy atom. The number of rotatable bonds is 2. The van der Waals surface area contributed by atoms with E-state index in [2.05, 4.69) is 15.1 Å². The molecular weight excluding hydrogens is 328 g/mol. The van der Waals surface area contributed by atoms with Gasteiger partial charge in [-0.3, -0.25) is 9.67 Å². The van der Waals surface area contributed by atoms with Gasteiger partial charge in [0.25, 0.3) is 0 Å². The highest BCUT2D eigenvalue weighted by molar-refractivity contribution is 6.31. The summed E-state index contributed by atoms with van der Waals surface area (Å²) < 4.78 is 6.60. The number of H-pyrrole nitrogens is 1. The zero-order chi connectivity index (χ0) is 16.8. The van der Waals surface area contributed by atoms with Crippen molar-refractivity contribution >= 4 is 39.5 Å². The molecule has 120 valence electrons. The Bertz CT molecular complexity index is 1100. The second-order valence-corrected chi connectivity index (χ2v) is 5.86. The SMILES string of the molecule is COC(=O)c1ccnc2cc(-c3nn(C)c4cc(Cl)ccc34)[nH]c12. The standard InChI is InChI=1S/C17H13ClN4O2/c1-22-14-7-9(18)3-4-10(14)16(21-22)13-8-12-15(20-13)11(5-6-19-12)17(23)24-2/h3-8,20H,1-2H3. The van der Waals surface area contributed by atoms with Crippen LogP contribution in [0.3, 0.4) is 0 Å². The normalized spacial score (nSPS) is 11.3. The predicted octanol–water partition coefficient (Wildman–Crippen LogP) is 3.56. The molecule has 7 heteroatoms. The quantitative estimate of drug-likeness (QED) is 0.566. The van der Waals surface area contributed by atoms with Gasteiger partial charge in [0.1, 0.15) is 5.69 Å². The van der Waals surface area contributed by atoms with Crippen LogP contribution in [-0.4, -0.2) is 32.8 Å². The maximum Gasteiger partial charge on any atom is 0.340 e. The number of aryl methyl sites for hydroxylation is 1. The molecule has 0 atom stereocenters. The number of fused-ring (bicyclic) bond motifs is 2. The molecule has 0 spiro atoms. The molecule has 4 aromatic rings. The molecule has 0 unspecified atom stereocenters. The van der Waals surface area contributed by atoms with E-state index in [9.17, 15) is 4.79 Å². The first kappa shape index (κ1) is 14.7. The maximum atomic E-state index is 11.9. The van der Waals surface area contributed by atoms with E-state index in [1.54, 1.807) is 16.9 Å². The van der Waals surface area contributed by atoms with Crippen LogP contribution in [0, 0.1) is 0 Å². The molecule has 0 saturated heterocycles. The van der Waals surface area contributed by atoms with E-state index in [1.165, 1.54) is 7.11 Å². The predicted molar refractivity (Wildman–Crippen MR) is 92.2 cm³/mol. The van der Waals surface area contributed by atoms with Gasteiger partial charge in [-0.15, -0.1) is 0 Å². The van der Waals surface area contributed by atoms with Crippen LogP contribution < -0.4 is 0 Å². The van der Waals surface area contributed by atoms with E-state index in [0.717, 1.165) is 22.3 Å². The van der Waals surface area contributed by atoms with Gasteiger partial charge in [-0.1, -0.05) is 11.6 Å². The molecule has 0 aliphatic carbocycles. The number of nitrogens with one attached hydrogen (secondary N) is 1. The highest BCUT2D eigenvalue weighted by atomic mass is 35.5. The Hall–Kier alpha value is -2.86. The van der Waals surface area contributed by atoms with Crippen molar-refractivity contribution in [1.29, 1.82) is 0 Å². The molecular formula is C17H13ClN4O2. The summed E-state index contributed by atoms with van der Waals surface area (Å²) in [5.41, 5.74) is 4.24. The Balaban J connectivity index is 1.96. The fraction of sp³-hybridized carbons (Fsp3) is 0.118. The van der Waals surface area contributed by atoms with Crippen LogP contribution in [0.1, 0.15) is 10.4 Å². The summed E-state index contributed by atoms with van der Waals surface area (Å²) in [6.07, 6.45) is 1.59. The van der Waals surface area contributed by atoms with E-state index < -0.39 is 5.97 Å². The lowest BCUT2D eigenvalue weighted by molar-refractivity contribution is 0.0602. The van der Waals surface area contributed by atoms with Crippen molar-refractivity contribution in [3.05, 3.63) is 47.1 Å². The molecule has 1 aromatic carbocycles. The number of aromatic nitrogens is 4. The maximum absolute atomic E-state index is 11.9. The Morgan fingerprint density at radius 1 is 1.29 bits per heavy atom. The van der Waals surface area contributed by atoms with Crippen LogP contribution in [0.15, 0.2) is 36.5 Å². The van der Waals surface area contributed by atoms with Gasteiger partial charge < -0.3 is 9.72 Å². The van der Waals surface area contributed by atoms with Gasteiger partial charge in [0.2, 0.25) is 0 Å². The topological polar surface area (TPSA) is 72.8 Å². The average molecular weight is 341 g/mol. The zero-order valence-electron chi connectivity index (χ0n) is 13.0. The number of esters is 1. The molecule has 3 heterocycles. The molecule has 0 fully saturated rings. The lowest BCUT2D eigenvalue weighted by Crippen LogP contribution is -2.02. The number of benzene rings is 1. The summed E-state index contributed by atoms with van der Waals surface area (Å²) in [6, 6.07) is 9.13. The minimum absolute atomic E-state index is 0.409. The summed E-state index contributed by atoms with van der Waals surface area (Å²) in [4.78, 5) is 19.5. The molecule has 0 bridgehead atoms. The van der Waals surface area contributed by atoms with Crippen molar-refractivity contribution in [2.45, 2.75) is 0 Å². The van der Waals surface area contributed by atoms with Crippen molar-refractivity contribution in [2.75, 3.05) is 7.11 Å². The van der Waals surface area contributed by atoms with Crippen LogP contribution in [0.5, 0.6) is 0 Å². The molecule has 4 rings (SSSR count). The number of ether oxygens (including phenoxy) is 1. The molecule has 0 radical (unpaired) electrons. The third-order valence-electron chi connectivity index (χ3n) is 3.99. The van der Waals surface area contributed by atoms with Gasteiger partial charge in [-0.05, 0) is 30.3 Å². The van der Waals surface area contributed by atoms with E-state index in [4.69, 9.17) is 16.3 Å². The smallest absolute Gasteiger partial charge is 0.340 e. The van der Waals surface area contributed by atoms with Gasteiger partial charge in [-0.25, -0.2) is 4.79 Å². The van der Waals surface area contributed by atoms with Crippen LogP contribution in [0.25, 0.3) is 33.3 Å². The van der Waals surface area contributed by atoms with Crippen molar-refractivity contribution in [3.8, 4) is 11.4 Å². The molecule has 0 aliphatic rings. The lowest BCUT2D eigenvalue weighted by Gasteiger charge is -1.99. The molecule has 1 N–H and O–H groups in total. The zero-order valence-corrected chi connectivity index (χ0v) is 13.8. The number of halogens is 1. The molecule has 0 aliphatic heterocycles. The monoisotopic (exact) mass is 340 g/mol. The van der Waals surface area contributed by atoms with E-state index >= 15 is 0 Å². The van der Waals surface area contributed by atoms with Gasteiger partial charge in [0.15, 0.2) is 0 Å². The largest absolute Gasteiger partial charge is 0.465 e. The highest BCUT2D eigenvalue weighted by Crippen LogP contribution is 2.31. The number of methoxy groups -OCH3 is 1. The van der Waals surface area contributed by atoms with Crippen LogP contribution >= 0.6 is 11.6 Å². The third-order valence-corrected chi connectivity index (χ3v) is 4.23. The molecule has 3 aromatic heterocycles. The van der Waals surface area contributed by atoms with Crippen molar-refractivity contribution < 1.29 is 9.53 Å². The molecule has 24 heavy (non-hydrogen) atoms. The molecule has 6 nitrogen and oxygen atoms in total. The summed E-state index contributed by atoms with van der Waals surface area (Å²) in [5.74, 6) is -0.409. The fourth-order valence-electron chi connectivity index (χ4n) is 2.86. The number of carbonyl (C=O) groups excluding carboxylic acids is 1. The van der Waals surface area contributed by atoms with Crippen LogP contribution in [0.4, 0.5) is 0 Å². The summed E-state index contributed by atoms with van der Waals surface area (Å²) in [5, 5.41) is 6.20. The van der Waals surface area contributed by atoms with Crippen molar-refractivity contribution in [1.82, 2.24) is 19.7 Å². The van der Waals surface area contributed by atoms with Gasteiger partial charge >= 0.3 is 5.97 Å². The van der Waals surface area contributed by atoms with Gasteiger partial charge in [0, 0.05) is 23.7 Å². The third kappa shape index (κ3) is 2.15.